The van der Waals surface area contributed by atoms with Crippen LogP contribution in [0.3, 0.4) is 0 Å². The van der Waals surface area contributed by atoms with Crippen LogP contribution in [-0.2, 0) is 6.42 Å². The molecule has 1 N–H and O–H groups in total. The van der Waals surface area contributed by atoms with E-state index in [1.165, 1.54) is 28.3 Å². The molecule has 1 aliphatic carbocycles. The lowest BCUT2D eigenvalue weighted by molar-refractivity contribution is -0.0770. The van der Waals surface area contributed by atoms with Crippen molar-refractivity contribution in [3.8, 4) is 0 Å². The quantitative estimate of drug-likeness (QED) is 0.629. The molecule has 146 valence electrons. The zero-order valence-corrected chi connectivity index (χ0v) is 17.0. The summed E-state index contributed by atoms with van der Waals surface area (Å²) in [6.45, 7) is 0. The van der Waals surface area contributed by atoms with Crippen LogP contribution in [0.4, 0.5) is 0 Å². The number of hydrogen-bond donors (Lipinski definition) is 1. The summed E-state index contributed by atoms with van der Waals surface area (Å²) in [6.07, 6.45) is 4.98. The summed E-state index contributed by atoms with van der Waals surface area (Å²) < 4.78 is 0. The van der Waals surface area contributed by atoms with Gasteiger partial charge in [0.1, 0.15) is 0 Å². The normalized spacial score (nSPS) is 23.8. The van der Waals surface area contributed by atoms with E-state index in [1.807, 2.05) is 6.07 Å². The SMILES string of the molecule is CN(C)C(c1ccc2ccccc2c1)C1CCCCC1(O)Cc1ccccc1. The third kappa shape index (κ3) is 3.85. The largest absolute Gasteiger partial charge is 0.389 e. The molecule has 4 rings (SSSR count). The summed E-state index contributed by atoms with van der Waals surface area (Å²) in [6, 6.07) is 26.0. The molecule has 0 heterocycles. The molecular weight excluding hydrogens is 342 g/mol. The van der Waals surface area contributed by atoms with E-state index in [-0.39, 0.29) is 12.0 Å². The van der Waals surface area contributed by atoms with Crippen molar-refractivity contribution in [1.82, 2.24) is 4.90 Å². The number of benzene rings is 3. The van der Waals surface area contributed by atoms with Gasteiger partial charge in [-0.05, 0) is 54.9 Å². The zero-order valence-electron chi connectivity index (χ0n) is 17.0. The smallest absolute Gasteiger partial charge is 0.0734 e. The number of nitrogens with zero attached hydrogens (tertiary/aromatic N) is 1. The van der Waals surface area contributed by atoms with Crippen LogP contribution in [-0.4, -0.2) is 29.7 Å². The fourth-order valence-electron chi connectivity index (χ4n) is 5.15. The van der Waals surface area contributed by atoms with Crippen LogP contribution in [0.2, 0.25) is 0 Å². The first kappa shape index (κ1) is 19.2. The zero-order chi connectivity index (χ0) is 19.6. The maximum atomic E-state index is 11.9. The summed E-state index contributed by atoms with van der Waals surface area (Å²) in [4.78, 5) is 2.30. The highest BCUT2D eigenvalue weighted by molar-refractivity contribution is 5.83. The lowest BCUT2D eigenvalue weighted by atomic mass is 9.67. The lowest BCUT2D eigenvalue weighted by Crippen LogP contribution is -2.48. The van der Waals surface area contributed by atoms with E-state index in [4.69, 9.17) is 0 Å². The maximum absolute atomic E-state index is 11.9. The Bertz CT molecular complexity index is 920. The molecule has 2 heteroatoms. The first-order valence-corrected chi connectivity index (χ1v) is 10.5. The van der Waals surface area contributed by atoms with E-state index < -0.39 is 5.60 Å². The molecule has 2 nitrogen and oxygen atoms in total. The van der Waals surface area contributed by atoms with Crippen LogP contribution in [0.25, 0.3) is 10.8 Å². The van der Waals surface area contributed by atoms with Crippen molar-refractivity contribution in [2.75, 3.05) is 14.1 Å². The second-order valence-electron chi connectivity index (χ2n) is 8.63. The Labute approximate surface area is 168 Å². The van der Waals surface area contributed by atoms with Gasteiger partial charge in [-0.25, -0.2) is 0 Å². The van der Waals surface area contributed by atoms with Crippen molar-refractivity contribution in [3.05, 3.63) is 83.9 Å². The van der Waals surface area contributed by atoms with Gasteiger partial charge in [0.2, 0.25) is 0 Å². The number of hydrogen-bond acceptors (Lipinski definition) is 2. The Morgan fingerprint density at radius 2 is 1.64 bits per heavy atom. The monoisotopic (exact) mass is 373 g/mol. The molecule has 0 spiro atoms. The molecule has 3 unspecified atom stereocenters. The Morgan fingerprint density at radius 3 is 2.39 bits per heavy atom. The molecule has 0 radical (unpaired) electrons. The van der Waals surface area contributed by atoms with E-state index >= 15 is 0 Å². The molecule has 3 aromatic rings. The van der Waals surface area contributed by atoms with Gasteiger partial charge in [-0.2, -0.15) is 0 Å². The minimum atomic E-state index is -0.666. The molecule has 28 heavy (non-hydrogen) atoms. The van der Waals surface area contributed by atoms with E-state index in [0.717, 1.165) is 25.7 Å². The lowest BCUT2D eigenvalue weighted by Gasteiger charge is -2.46. The standard InChI is InChI=1S/C26H31NO/c1-27(2)25(23-16-15-21-12-6-7-13-22(21)18-23)24-14-8-9-17-26(24,28)19-20-10-4-3-5-11-20/h3-7,10-13,15-16,18,24-25,28H,8-9,14,17,19H2,1-2H3. The predicted octanol–water partition coefficient (Wildman–Crippen LogP) is 5.61. The molecule has 0 saturated heterocycles. The van der Waals surface area contributed by atoms with Crippen molar-refractivity contribution in [3.63, 3.8) is 0 Å². The van der Waals surface area contributed by atoms with Gasteiger partial charge in [-0.1, -0.05) is 79.6 Å². The molecule has 0 aromatic heterocycles. The van der Waals surface area contributed by atoms with Gasteiger partial charge in [0.05, 0.1) is 5.60 Å². The van der Waals surface area contributed by atoms with Crippen molar-refractivity contribution >= 4 is 10.8 Å². The predicted molar refractivity (Wildman–Crippen MR) is 117 cm³/mol. The maximum Gasteiger partial charge on any atom is 0.0734 e. The van der Waals surface area contributed by atoms with Gasteiger partial charge in [0.25, 0.3) is 0 Å². The van der Waals surface area contributed by atoms with Crippen molar-refractivity contribution < 1.29 is 5.11 Å². The third-order valence-electron chi connectivity index (χ3n) is 6.47. The molecule has 3 aromatic carbocycles. The van der Waals surface area contributed by atoms with E-state index in [0.29, 0.717) is 0 Å². The van der Waals surface area contributed by atoms with Crippen LogP contribution < -0.4 is 0 Å². The second kappa shape index (κ2) is 8.06. The molecule has 0 bridgehead atoms. The van der Waals surface area contributed by atoms with Crippen LogP contribution in [0.1, 0.15) is 42.9 Å². The third-order valence-corrected chi connectivity index (χ3v) is 6.47. The second-order valence-corrected chi connectivity index (χ2v) is 8.63. The summed E-state index contributed by atoms with van der Waals surface area (Å²) in [5.74, 6) is 0.220. The topological polar surface area (TPSA) is 23.5 Å². The molecule has 1 aliphatic rings. The number of rotatable bonds is 5. The molecule has 3 atom stereocenters. The highest BCUT2D eigenvalue weighted by Crippen LogP contribution is 2.45. The number of aliphatic hydroxyl groups is 1. The average molecular weight is 374 g/mol. The minimum absolute atomic E-state index is 0.207. The summed E-state index contributed by atoms with van der Waals surface area (Å²) in [5, 5.41) is 14.4. The summed E-state index contributed by atoms with van der Waals surface area (Å²) in [7, 11) is 4.30. The first-order valence-electron chi connectivity index (χ1n) is 10.5. The van der Waals surface area contributed by atoms with Crippen molar-refractivity contribution in [2.24, 2.45) is 5.92 Å². The number of fused-ring (bicyclic) bond motifs is 1. The average Bonchev–Trinajstić information content (AvgIpc) is 2.70. The Hall–Kier alpha value is -2.16. The highest BCUT2D eigenvalue weighted by atomic mass is 16.3. The van der Waals surface area contributed by atoms with Crippen LogP contribution in [0.5, 0.6) is 0 Å². The van der Waals surface area contributed by atoms with Gasteiger partial charge in [-0.15, -0.1) is 0 Å². The van der Waals surface area contributed by atoms with Gasteiger partial charge < -0.3 is 10.0 Å². The Kier molecular flexibility index (Phi) is 5.52. The Balaban J connectivity index is 1.71. The van der Waals surface area contributed by atoms with Gasteiger partial charge >= 0.3 is 0 Å². The molecule has 1 fully saturated rings. The molecule has 0 amide bonds. The van der Waals surface area contributed by atoms with Crippen LogP contribution in [0, 0.1) is 5.92 Å². The van der Waals surface area contributed by atoms with Crippen molar-refractivity contribution in [2.45, 2.75) is 43.7 Å². The summed E-state index contributed by atoms with van der Waals surface area (Å²) >= 11 is 0. The van der Waals surface area contributed by atoms with Crippen LogP contribution in [0.15, 0.2) is 72.8 Å². The summed E-state index contributed by atoms with van der Waals surface area (Å²) in [5.41, 5.74) is 1.87. The van der Waals surface area contributed by atoms with Gasteiger partial charge in [0, 0.05) is 18.4 Å². The van der Waals surface area contributed by atoms with Gasteiger partial charge in [-0.3, -0.25) is 0 Å². The molecule has 1 saturated carbocycles. The Morgan fingerprint density at radius 1 is 0.929 bits per heavy atom. The van der Waals surface area contributed by atoms with E-state index in [2.05, 4.69) is 85.7 Å². The highest BCUT2D eigenvalue weighted by Gasteiger charge is 2.44. The van der Waals surface area contributed by atoms with Gasteiger partial charge in [0.15, 0.2) is 0 Å². The van der Waals surface area contributed by atoms with Crippen molar-refractivity contribution in [1.29, 1.82) is 0 Å². The van der Waals surface area contributed by atoms with E-state index in [1.54, 1.807) is 0 Å². The first-order chi connectivity index (χ1) is 13.6. The minimum Gasteiger partial charge on any atom is -0.389 e. The molecule has 0 aliphatic heterocycles. The fraction of sp³-hybridized carbons (Fsp3) is 0.385. The fourth-order valence-corrected chi connectivity index (χ4v) is 5.15. The molecular formula is C26H31NO. The van der Waals surface area contributed by atoms with Crippen LogP contribution >= 0.6 is 0 Å². The van der Waals surface area contributed by atoms with E-state index in [9.17, 15) is 5.11 Å².